The molecule has 1 aliphatic rings. The molecule has 142 valence electrons. The second kappa shape index (κ2) is 7.70. The maximum Gasteiger partial charge on any atom is 0.264 e. The maximum absolute atomic E-state index is 14.2. The number of hydrogen-bond donors (Lipinski definition) is 0. The number of aryl methyl sites for hydroxylation is 1. The number of fused-ring (bicyclic) bond motifs is 1. The molecule has 1 saturated heterocycles. The predicted molar refractivity (Wildman–Crippen MR) is 109 cm³/mol. The third-order valence-corrected chi connectivity index (χ3v) is 6.55. The molecule has 1 fully saturated rings. The third kappa shape index (κ3) is 3.28. The second-order valence-corrected chi connectivity index (χ2v) is 7.99. The molecule has 1 atom stereocenters. The van der Waals surface area contributed by atoms with Crippen molar-refractivity contribution in [2.45, 2.75) is 13.0 Å². The number of piperazine rings is 1. The highest BCUT2D eigenvalue weighted by Crippen LogP contribution is 2.33. The Bertz CT molecular complexity index is 1050. The Labute approximate surface area is 167 Å². The van der Waals surface area contributed by atoms with Crippen molar-refractivity contribution in [1.29, 1.82) is 5.26 Å². The van der Waals surface area contributed by atoms with Crippen LogP contribution in [0.5, 0.6) is 0 Å². The molecule has 3 aromatic rings. The first-order valence-electron chi connectivity index (χ1n) is 9.25. The number of carbonyl (C=O) groups excluding carboxylic acids is 1. The normalized spacial score (nSPS) is 16.1. The van der Waals surface area contributed by atoms with Gasteiger partial charge in [0.1, 0.15) is 11.9 Å². The number of thiophene rings is 1. The van der Waals surface area contributed by atoms with Crippen molar-refractivity contribution in [3.8, 4) is 6.07 Å². The first kappa shape index (κ1) is 18.6. The Hall–Kier alpha value is -2.75. The van der Waals surface area contributed by atoms with Crippen LogP contribution in [-0.4, -0.2) is 41.9 Å². The molecule has 0 aliphatic carbocycles. The van der Waals surface area contributed by atoms with Gasteiger partial charge in [-0.1, -0.05) is 36.4 Å². The van der Waals surface area contributed by atoms with Crippen LogP contribution in [0.2, 0.25) is 0 Å². The van der Waals surface area contributed by atoms with Gasteiger partial charge >= 0.3 is 0 Å². The predicted octanol–water partition coefficient (Wildman–Crippen LogP) is 4.37. The number of rotatable bonds is 3. The minimum absolute atomic E-state index is 0.0500. The van der Waals surface area contributed by atoms with Crippen molar-refractivity contribution < 1.29 is 9.18 Å². The summed E-state index contributed by atoms with van der Waals surface area (Å²) >= 11 is 1.35. The Kier molecular flexibility index (Phi) is 5.12. The lowest BCUT2D eigenvalue weighted by Crippen LogP contribution is -2.49. The van der Waals surface area contributed by atoms with Crippen molar-refractivity contribution in [2.24, 2.45) is 0 Å². The fourth-order valence-electron chi connectivity index (χ4n) is 3.79. The van der Waals surface area contributed by atoms with Gasteiger partial charge in [0, 0.05) is 36.3 Å². The molecule has 0 bridgehead atoms. The summed E-state index contributed by atoms with van der Waals surface area (Å²) in [6.45, 7) is 4.20. The summed E-state index contributed by atoms with van der Waals surface area (Å²) in [4.78, 5) is 17.6. The molecule has 28 heavy (non-hydrogen) atoms. The molecule has 2 aromatic carbocycles. The third-order valence-electron chi connectivity index (χ3n) is 5.30. The minimum Gasteiger partial charge on any atom is -0.335 e. The molecule has 1 aromatic heterocycles. The number of nitriles is 1. The lowest BCUT2D eigenvalue weighted by molar-refractivity contribution is 0.0610. The highest BCUT2D eigenvalue weighted by molar-refractivity contribution is 7.21. The summed E-state index contributed by atoms with van der Waals surface area (Å²) in [6.07, 6.45) is 0. The summed E-state index contributed by atoms with van der Waals surface area (Å²) in [5, 5.41) is 10.2. The summed E-state index contributed by atoms with van der Waals surface area (Å²) in [5.41, 5.74) is 1.69. The number of halogens is 1. The summed E-state index contributed by atoms with van der Waals surface area (Å²) in [5.74, 6) is -0.333. The van der Waals surface area contributed by atoms with Gasteiger partial charge in [0.05, 0.1) is 10.9 Å². The Balaban J connectivity index is 1.50. The van der Waals surface area contributed by atoms with Gasteiger partial charge in [-0.3, -0.25) is 9.69 Å². The van der Waals surface area contributed by atoms with Crippen molar-refractivity contribution in [3.05, 3.63) is 70.4 Å². The fourth-order valence-corrected chi connectivity index (χ4v) is 4.98. The van der Waals surface area contributed by atoms with Gasteiger partial charge in [-0.2, -0.15) is 5.26 Å². The van der Waals surface area contributed by atoms with Gasteiger partial charge < -0.3 is 4.90 Å². The van der Waals surface area contributed by atoms with Gasteiger partial charge in [-0.25, -0.2) is 4.39 Å². The van der Waals surface area contributed by atoms with Crippen LogP contribution in [0.3, 0.4) is 0 Å². The largest absolute Gasteiger partial charge is 0.335 e. The zero-order valence-electron chi connectivity index (χ0n) is 15.6. The van der Waals surface area contributed by atoms with Crippen LogP contribution >= 0.6 is 11.3 Å². The van der Waals surface area contributed by atoms with E-state index in [2.05, 4.69) is 11.0 Å². The minimum atomic E-state index is -0.307. The zero-order chi connectivity index (χ0) is 19.7. The van der Waals surface area contributed by atoms with Crippen LogP contribution < -0.4 is 0 Å². The molecule has 2 heterocycles. The van der Waals surface area contributed by atoms with Crippen molar-refractivity contribution in [2.75, 3.05) is 26.2 Å². The molecule has 4 rings (SSSR count). The first-order valence-corrected chi connectivity index (χ1v) is 10.1. The van der Waals surface area contributed by atoms with E-state index >= 15 is 0 Å². The number of amides is 1. The van der Waals surface area contributed by atoms with Gasteiger partial charge in [0.25, 0.3) is 5.91 Å². The van der Waals surface area contributed by atoms with Crippen LogP contribution in [0.4, 0.5) is 4.39 Å². The van der Waals surface area contributed by atoms with Crippen LogP contribution in [0.1, 0.15) is 26.8 Å². The summed E-state index contributed by atoms with van der Waals surface area (Å²) in [7, 11) is 0. The van der Waals surface area contributed by atoms with Gasteiger partial charge in [0.2, 0.25) is 0 Å². The molecule has 4 nitrogen and oxygen atoms in total. The van der Waals surface area contributed by atoms with Crippen LogP contribution in [0.15, 0.2) is 48.5 Å². The van der Waals surface area contributed by atoms with E-state index in [1.165, 1.54) is 17.4 Å². The van der Waals surface area contributed by atoms with E-state index in [1.54, 1.807) is 6.07 Å². The molecule has 1 aliphatic heterocycles. The highest BCUT2D eigenvalue weighted by atomic mass is 32.1. The monoisotopic (exact) mass is 393 g/mol. The molecule has 0 saturated carbocycles. The standard InChI is InChI=1S/C22H20FN3OS/c1-15-20-17(23)8-5-9-19(20)28-21(15)22(27)26-12-10-25(11-13-26)18(14-24)16-6-3-2-4-7-16/h2-9,18H,10-13H2,1H3. The van der Waals surface area contributed by atoms with E-state index in [-0.39, 0.29) is 17.8 Å². The van der Waals surface area contributed by atoms with E-state index in [0.29, 0.717) is 42.0 Å². The summed E-state index contributed by atoms with van der Waals surface area (Å²) < 4.78 is 14.9. The van der Waals surface area contributed by atoms with Gasteiger partial charge in [0.15, 0.2) is 0 Å². The van der Waals surface area contributed by atoms with E-state index in [1.807, 2.05) is 48.2 Å². The van der Waals surface area contributed by atoms with Crippen molar-refractivity contribution >= 4 is 27.3 Å². The number of carbonyl (C=O) groups is 1. The van der Waals surface area contributed by atoms with E-state index in [9.17, 15) is 14.4 Å². The Morgan fingerprint density at radius 1 is 1.11 bits per heavy atom. The average Bonchev–Trinajstić information content (AvgIpc) is 3.07. The van der Waals surface area contributed by atoms with E-state index < -0.39 is 0 Å². The molecule has 6 heteroatoms. The van der Waals surface area contributed by atoms with Crippen LogP contribution in [-0.2, 0) is 0 Å². The number of benzene rings is 2. The Morgan fingerprint density at radius 2 is 1.82 bits per heavy atom. The summed E-state index contributed by atoms with van der Waals surface area (Å²) in [6, 6.07) is 16.7. The number of hydrogen-bond acceptors (Lipinski definition) is 4. The molecule has 1 unspecified atom stereocenters. The SMILES string of the molecule is Cc1c(C(=O)N2CCN(C(C#N)c3ccccc3)CC2)sc2cccc(F)c12. The van der Waals surface area contributed by atoms with Gasteiger partial charge in [-0.15, -0.1) is 11.3 Å². The zero-order valence-corrected chi connectivity index (χ0v) is 16.4. The van der Waals surface area contributed by atoms with Crippen LogP contribution in [0, 0.1) is 24.1 Å². The van der Waals surface area contributed by atoms with Crippen molar-refractivity contribution in [1.82, 2.24) is 9.80 Å². The van der Waals surface area contributed by atoms with E-state index in [0.717, 1.165) is 10.3 Å². The van der Waals surface area contributed by atoms with Gasteiger partial charge in [-0.05, 0) is 30.2 Å². The molecule has 1 amide bonds. The molecule has 0 N–H and O–H groups in total. The average molecular weight is 393 g/mol. The van der Waals surface area contributed by atoms with Crippen molar-refractivity contribution in [3.63, 3.8) is 0 Å². The lowest BCUT2D eigenvalue weighted by atomic mass is 10.1. The lowest BCUT2D eigenvalue weighted by Gasteiger charge is -2.37. The first-order chi connectivity index (χ1) is 13.6. The molecular weight excluding hydrogens is 373 g/mol. The fraction of sp³-hybridized carbons (Fsp3) is 0.273. The second-order valence-electron chi connectivity index (χ2n) is 6.94. The topological polar surface area (TPSA) is 47.3 Å². The highest BCUT2D eigenvalue weighted by Gasteiger charge is 2.29. The molecule has 0 radical (unpaired) electrons. The quantitative estimate of drug-likeness (QED) is 0.664. The van der Waals surface area contributed by atoms with E-state index in [4.69, 9.17) is 0 Å². The number of nitrogens with zero attached hydrogens (tertiary/aromatic N) is 3. The smallest absolute Gasteiger partial charge is 0.264 e. The van der Waals surface area contributed by atoms with Crippen LogP contribution in [0.25, 0.3) is 10.1 Å². The maximum atomic E-state index is 14.2. The molecule has 0 spiro atoms. The molecular formula is C22H20FN3OS. The Morgan fingerprint density at radius 3 is 2.46 bits per heavy atom.